The van der Waals surface area contributed by atoms with Crippen LogP contribution in [0, 0.1) is 5.92 Å². The predicted molar refractivity (Wildman–Crippen MR) is 97.6 cm³/mol. The SMILES string of the molecule is O=C(CCN1CCOCC1)N1C[C@@H]2CC[C@H](C1)N(Cc1cscn1)C2=O. The highest BCUT2D eigenvalue weighted by Crippen LogP contribution is 2.30. The third-order valence-electron chi connectivity index (χ3n) is 5.71. The van der Waals surface area contributed by atoms with E-state index in [-0.39, 0.29) is 23.8 Å². The van der Waals surface area contributed by atoms with Crippen LogP contribution < -0.4 is 0 Å². The molecule has 0 saturated carbocycles. The minimum Gasteiger partial charge on any atom is -0.379 e. The summed E-state index contributed by atoms with van der Waals surface area (Å²) >= 11 is 1.55. The fourth-order valence-corrected chi connectivity index (χ4v) is 4.73. The van der Waals surface area contributed by atoms with E-state index in [4.69, 9.17) is 4.74 Å². The van der Waals surface area contributed by atoms with Crippen LogP contribution in [0.25, 0.3) is 0 Å². The third kappa shape index (κ3) is 3.92. The largest absolute Gasteiger partial charge is 0.379 e. The Morgan fingerprint density at radius 2 is 2.12 bits per heavy atom. The molecule has 4 fully saturated rings. The number of ether oxygens (including phenoxy) is 1. The van der Waals surface area contributed by atoms with Gasteiger partial charge in [0.2, 0.25) is 11.8 Å². The van der Waals surface area contributed by atoms with E-state index in [2.05, 4.69) is 9.88 Å². The zero-order valence-corrected chi connectivity index (χ0v) is 15.8. The van der Waals surface area contributed by atoms with Crippen LogP contribution in [-0.4, -0.2) is 83.5 Å². The second-order valence-corrected chi connectivity index (χ2v) is 8.10. The zero-order chi connectivity index (χ0) is 17.9. The molecule has 1 aromatic heterocycles. The number of carbonyl (C=O) groups is 2. The second-order valence-electron chi connectivity index (χ2n) is 7.38. The molecule has 2 amide bonds. The van der Waals surface area contributed by atoms with Crippen LogP contribution in [0.15, 0.2) is 10.9 Å². The van der Waals surface area contributed by atoms with Crippen molar-refractivity contribution in [2.75, 3.05) is 45.9 Å². The van der Waals surface area contributed by atoms with Gasteiger partial charge in [0.25, 0.3) is 0 Å². The number of rotatable bonds is 5. The Labute approximate surface area is 157 Å². The summed E-state index contributed by atoms with van der Waals surface area (Å²) in [7, 11) is 0. The number of thiazole rings is 1. The van der Waals surface area contributed by atoms with Crippen molar-refractivity contribution in [3.8, 4) is 0 Å². The van der Waals surface area contributed by atoms with E-state index in [0.717, 1.165) is 51.4 Å². The molecule has 0 unspecified atom stereocenters. The van der Waals surface area contributed by atoms with E-state index >= 15 is 0 Å². The van der Waals surface area contributed by atoms with E-state index in [0.29, 0.717) is 26.1 Å². The summed E-state index contributed by atoms with van der Waals surface area (Å²) in [5.41, 5.74) is 2.75. The maximum absolute atomic E-state index is 12.8. The molecule has 5 heterocycles. The Morgan fingerprint density at radius 1 is 1.27 bits per heavy atom. The van der Waals surface area contributed by atoms with Crippen molar-refractivity contribution in [3.63, 3.8) is 0 Å². The van der Waals surface area contributed by atoms with Gasteiger partial charge in [-0.3, -0.25) is 14.5 Å². The Bertz CT molecular complexity index is 632. The molecule has 2 bridgehead atoms. The van der Waals surface area contributed by atoms with E-state index in [1.165, 1.54) is 0 Å². The minimum absolute atomic E-state index is 0.0558. The zero-order valence-electron chi connectivity index (χ0n) is 15.0. The topological polar surface area (TPSA) is 66.0 Å². The molecule has 4 saturated heterocycles. The number of carbonyl (C=O) groups excluding carboxylic acids is 2. The molecule has 0 N–H and O–H groups in total. The normalized spacial score (nSPS) is 27.0. The molecule has 142 valence electrons. The first-order valence-corrected chi connectivity index (χ1v) is 10.4. The maximum Gasteiger partial charge on any atom is 0.228 e. The van der Waals surface area contributed by atoms with Gasteiger partial charge >= 0.3 is 0 Å². The molecule has 5 rings (SSSR count). The molecule has 4 aliphatic rings. The van der Waals surface area contributed by atoms with Gasteiger partial charge in [-0.05, 0) is 12.8 Å². The first-order valence-electron chi connectivity index (χ1n) is 9.46. The summed E-state index contributed by atoms with van der Waals surface area (Å²) in [6.45, 7) is 5.89. The highest BCUT2D eigenvalue weighted by molar-refractivity contribution is 7.07. The first kappa shape index (κ1) is 17.9. The maximum atomic E-state index is 12.8. The quantitative estimate of drug-likeness (QED) is 0.759. The van der Waals surface area contributed by atoms with Crippen LogP contribution in [0.5, 0.6) is 0 Å². The Kier molecular flexibility index (Phi) is 5.52. The van der Waals surface area contributed by atoms with Gasteiger partial charge in [0, 0.05) is 50.6 Å². The fourth-order valence-electron chi connectivity index (χ4n) is 4.18. The van der Waals surface area contributed by atoms with Crippen LogP contribution >= 0.6 is 11.3 Å². The van der Waals surface area contributed by atoms with Gasteiger partial charge in [0.05, 0.1) is 36.9 Å². The smallest absolute Gasteiger partial charge is 0.228 e. The van der Waals surface area contributed by atoms with E-state index in [1.54, 1.807) is 16.8 Å². The van der Waals surface area contributed by atoms with Crippen LogP contribution in [0.4, 0.5) is 0 Å². The van der Waals surface area contributed by atoms with Gasteiger partial charge in [-0.15, -0.1) is 11.3 Å². The summed E-state index contributed by atoms with van der Waals surface area (Å²) in [4.78, 5) is 36.1. The van der Waals surface area contributed by atoms with E-state index < -0.39 is 0 Å². The van der Waals surface area contributed by atoms with E-state index in [1.807, 2.05) is 15.2 Å². The number of hydrogen-bond donors (Lipinski definition) is 0. The molecule has 8 heteroatoms. The van der Waals surface area contributed by atoms with Crippen LogP contribution in [-0.2, 0) is 20.9 Å². The van der Waals surface area contributed by atoms with Gasteiger partial charge in [0.1, 0.15) is 0 Å². The Morgan fingerprint density at radius 3 is 2.88 bits per heavy atom. The lowest BCUT2D eigenvalue weighted by Gasteiger charge is -2.35. The lowest BCUT2D eigenvalue weighted by Crippen LogP contribution is -2.47. The molecule has 26 heavy (non-hydrogen) atoms. The summed E-state index contributed by atoms with van der Waals surface area (Å²) in [5.74, 6) is 0.314. The number of morpholine rings is 1. The summed E-state index contributed by atoms with van der Waals surface area (Å²) < 4.78 is 5.36. The number of piperidine rings is 1. The number of amides is 2. The number of hydrogen-bond acceptors (Lipinski definition) is 6. The molecule has 0 aliphatic carbocycles. The van der Waals surface area contributed by atoms with Gasteiger partial charge in [-0.25, -0.2) is 4.98 Å². The van der Waals surface area contributed by atoms with Crippen molar-refractivity contribution < 1.29 is 14.3 Å². The minimum atomic E-state index is -0.0558. The van der Waals surface area contributed by atoms with E-state index in [9.17, 15) is 9.59 Å². The molecule has 0 spiro atoms. The van der Waals surface area contributed by atoms with Crippen molar-refractivity contribution in [3.05, 3.63) is 16.6 Å². The highest BCUT2D eigenvalue weighted by Gasteiger charge is 2.41. The van der Waals surface area contributed by atoms with Crippen molar-refractivity contribution in [2.45, 2.75) is 31.8 Å². The average Bonchev–Trinajstić information content (AvgIpc) is 3.03. The van der Waals surface area contributed by atoms with Crippen LogP contribution in [0.3, 0.4) is 0 Å². The average molecular weight is 378 g/mol. The monoisotopic (exact) mass is 378 g/mol. The summed E-state index contributed by atoms with van der Waals surface area (Å²) in [6, 6.07) is 0.121. The van der Waals surface area contributed by atoms with Crippen molar-refractivity contribution >= 4 is 23.2 Å². The van der Waals surface area contributed by atoms with Gasteiger partial charge < -0.3 is 14.5 Å². The predicted octanol–water partition coefficient (Wildman–Crippen LogP) is 0.815. The molecule has 0 aromatic carbocycles. The molecule has 2 atom stereocenters. The van der Waals surface area contributed by atoms with Crippen molar-refractivity contribution in [1.29, 1.82) is 0 Å². The standard InChI is InChI=1S/C18H26N4O3S/c23-17(3-4-20-5-7-25-8-6-20)21-9-14-1-2-16(11-21)22(18(14)24)10-15-12-26-13-19-15/h12-14,16H,1-11H2/t14-,16+/m0/s1. The molecule has 4 aliphatic heterocycles. The first-order chi connectivity index (χ1) is 12.7. The fraction of sp³-hybridized carbons (Fsp3) is 0.722. The van der Waals surface area contributed by atoms with Crippen molar-refractivity contribution in [2.24, 2.45) is 5.92 Å². The lowest BCUT2D eigenvalue weighted by atomic mass is 9.94. The van der Waals surface area contributed by atoms with Crippen LogP contribution in [0.2, 0.25) is 0 Å². The van der Waals surface area contributed by atoms with Gasteiger partial charge in [-0.2, -0.15) is 0 Å². The Hall–Kier alpha value is -1.51. The number of nitrogens with zero attached hydrogens (tertiary/aromatic N) is 4. The van der Waals surface area contributed by atoms with Gasteiger partial charge in [0.15, 0.2) is 0 Å². The molecule has 1 aromatic rings. The molecular weight excluding hydrogens is 352 g/mol. The summed E-state index contributed by atoms with van der Waals surface area (Å²) in [5, 5.41) is 2.00. The Balaban J connectivity index is 1.37. The van der Waals surface area contributed by atoms with Crippen LogP contribution in [0.1, 0.15) is 25.0 Å². The lowest BCUT2D eigenvalue weighted by molar-refractivity contribution is -0.140. The van der Waals surface area contributed by atoms with Crippen molar-refractivity contribution in [1.82, 2.24) is 19.7 Å². The van der Waals surface area contributed by atoms with Gasteiger partial charge in [-0.1, -0.05) is 0 Å². The summed E-state index contributed by atoms with van der Waals surface area (Å²) in [6.07, 6.45) is 2.40. The second kappa shape index (κ2) is 8.02. The molecule has 0 radical (unpaired) electrons. The molecule has 7 nitrogen and oxygen atoms in total. The highest BCUT2D eigenvalue weighted by atomic mass is 32.1. The number of fused-ring (bicyclic) bond motifs is 4. The molecular formula is C18H26N4O3S. The third-order valence-corrected chi connectivity index (χ3v) is 6.34. The number of aromatic nitrogens is 1.